The average molecular weight is 435 g/mol. The molecular formula is C23H22N4O3S. The molecule has 0 bridgehead atoms. The Hall–Kier alpha value is -3.65. The van der Waals surface area contributed by atoms with Crippen molar-refractivity contribution in [3.05, 3.63) is 77.9 Å². The third kappa shape index (κ3) is 3.89. The summed E-state index contributed by atoms with van der Waals surface area (Å²) in [7, 11) is -0.219. The molecule has 0 aliphatic rings. The van der Waals surface area contributed by atoms with Gasteiger partial charge in [-0.1, -0.05) is 30.3 Å². The van der Waals surface area contributed by atoms with Crippen molar-refractivity contribution in [2.24, 2.45) is 7.05 Å². The summed E-state index contributed by atoms with van der Waals surface area (Å²) in [5.74, 6) is 0.569. The van der Waals surface area contributed by atoms with E-state index in [1.165, 1.54) is 0 Å². The fourth-order valence-corrected chi connectivity index (χ4v) is 4.80. The molecule has 0 radical (unpaired) electrons. The monoisotopic (exact) mass is 434 g/mol. The molecule has 8 heteroatoms. The number of carbonyl (C=O) groups excluding carboxylic acids is 1. The van der Waals surface area contributed by atoms with E-state index in [-0.39, 0.29) is 10.8 Å². The lowest BCUT2D eigenvalue weighted by Crippen LogP contribution is -2.17. The van der Waals surface area contributed by atoms with Gasteiger partial charge in [0, 0.05) is 25.2 Å². The molecule has 4 rings (SSSR count). The predicted molar refractivity (Wildman–Crippen MR) is 122 cm³/mol. The van der Waals surface area contributed by atoms with Gasteiger partial charge < -0.3 is 9.88 Å². The Morgan fingerprint density at radius 1 is 1.00 bits per heavy atom. The number of sulfonamides is 1. The molecule has 1 aromatic heterocycles. The summed E-state index contributed by atoms with van der Waals surface area (Å²) in [5.41, 5.74) is 4.07. The minimum Gasteiger partial charge on any atom is -0.355 e. The van der Waals surface area contributed by atoms with Crippen molar-refractivity contribution in [2.45, 2.75) is 11.8 Å². The lowest BCUT2D eigenvalue weighted by Gasteiger charge is -2.10. The van der Waals surface area contributed by atoms with Crippen LogP contribution in [0.2, 0.25) is 0 Å². The zero-order valence-electron chi connectivity index (χ0n) is 17.4. The maximum atomic E-state index is 12.8. The van der Waals surface area contributed by atoms with Gasteiger partial charge in [-0.2, -0.15) is 0 Å². The van der Waals surface area contributed by atoms with Crippen LogP contribution < -0.4 is 10.0 Å². The number of hydrogen-bond acceptors (Lipinski definition) is 4. The molecule has 0 fully saturated rings. The molecule has 158 valence electrons. The number of nitrogens with one attached hydrogen (secondary N) is 2. The fourth-order valence-electron chi connectivity index (χ4n) is 3.50. The van der Waals surface area contributed by atoms with Crippen molar-refractivity contribution in [2.75, 3.05) is 11.8 Å². The van der Waals surface area contributed by atoms with Gasteiger partial charge in [0.2, 0.25) is 0 Å². The van der Waals surface area contributed by atoms with Gasteiger partial charge in [-0.25, -0.2) is 13.4 Å². The SMILES string of the molecule is CNC(=O)c1ccc(-c2nc3cc(NS(=O)(=O)c4ccccc4C)ccc3n2C)cc1. The number of benzene rings is 3. The van der Waals surface area contributed by atoms with Crippen molar-refractivity contribution in [3.8, 4) is 11.4 Å². The van der Waals surface area contributed by atoms with E-state index >= 15 is 0 Å². The van der Waals surface area contributed by atoms with Crippen LogP contribution in [0.25, 0.3) is 22.4 Å². The van der Waals surface area contributed by atoms with Gasteiger partial charge in [0.05, 0.1) is 21.6 Å². The highest BCUT2D eigenvalue weighted by Crippen LogP contribution is 2.27. The first-order valence-corrected chi connectivity index (χ1v) is 11.2. The molecule has 0 spiro atoms. The van der Waals surface area contributed by atoms with Crippen LogP contribution in [0.5, 0.6) is 0 Å². The van der Waals surface area contributed by atoms with Crippen LogP contribution in [-0.4, -0.2) is 30.9 Å². The standard InChI is InChI=1S/C23H22N4O3S/c1-15-6-4-5-7-21(15)31(29,30)26-18-12-13-20-19(14-18)25-22(27(20)3)16-8-10-17(11-9-16)23(28)24-2/h4-14,26H,1-3H3,(H,24,28). The maximum absolute atomic E-state index is 12.8. The number of nitrogens with zero attached hydrogens (tertiary/aromatic N) is 2. The molecule has 4 aromatic rings. The molecule has 7 nitrogen and oxygen atoms in total. The number of amides is 1. The molecule has 0 atom stereocenters. The van der Waals surface area contributed by atoms with Crippen molar-refractivity contribution < 1.29 is 13.2 Å². The molecule has 0 saturated carbocycles. The fraction of sp³-hybridized carbons (Fsp3) is 0.130. The molecule has 0 saturated heterocycles. The second-order valence-electron chi connectivity index (χ2n) is 7.23. The summed E-state index contributed by atoms with van der Waals surface area (Å²) in [6, 6.07) is 19.3. The minimum absolute atomic E-state index is 0.151. The molecule has 0 aliphatic carbocycles. The van der Waals surface area contributed by atoms with E-state index in [1.54, 1.807) is 62.5 Å². The molecule has 0 aliphatic heterocycles. The highest BCUT2D eigenvalue weighted by atomic mass is 32.2. The first kappa shape index (κ1) is 20.6. The Morgan fingerprint density at radius 3 is 2.39 bits per heavy atom. The molecule has 1 heterocycles. The molecule has 2 N–H and O–H groups in total. The smallest absolute Gasteiger partial charge is 0.262 e. The third-order valence-electron chi connectivity index (χ3n) is 5.15. The quantitative estimate of drug-likeness (QED) is 0.501. The van der Waals surface area contributed by atoms with E-state index in [0.717, 1.165) is 16.9 Å². The predicted octanol–water partition coefficient (Wildman–Crippen LogP) is 3.71. The van der Waals surface area contributed by atoms with E-state index in [9.17, 15) is 13.2 Å². The zero-order valence-corrected chi connectivity index (χ0v) is 18.2. The van der Waals surface area contributed by atoms with Gasteiger partial charge in [-0.15, -0.1) is 0 Å². The van der Waals surface area contributed by atoms with Crippen LogP contribution in [0.1, 0.15) is 15.9 Å². The van der Waals surface area contributed by atoms with E-state index < -0.39 is 10.0 Å². The lowest BCUT2D eigenvalue weighted by molar-refractivity contribution is 0.0963. The summed E-state index contributed by atoms with van der Waals surface area (Å²) in [5, 5.41) is 2.60. The maximum Gasteiger partial charge on any atom is 0.262 e. The second-order valence-corrected chi connectivity index (χ2v) is 8.88. The summed E-state index contributed by atoms with van der Waals surface area (Å²) in [6.07, 6.45) is 0. The van der Waals surface area contributed by atoms with Crippen LogP contribution in [0.4, 0.5) is 5.69 Å². The van der Waals surface area contributed by atoms with E-state index in [2.05, 4.69) is 15.0 Å². The van der Waals surface area contributed by atoms with Gasteiger partial charge in [-0.3, -0.25) is 9.52 Å². The van der Waals surface area contributed by atoms with Crippen LogP contribution in [0.15, 0.2) is 71.6 Å². The number of rotatable bonds is 5. The van der Waals surface area contributed by atoms with Gasteiger partial charge in [-0.05, 0) is 48.9 Å². The van der Waals surface area contributed by atoms with Gasteiger partial charge in [0.1, 0.15) is 5.82 Å². The molecule has 31 heavy (non-hydrogen) atoms. The third-order valence-corrected chi connectivity index (χ3v) is 6.69. The molecule has 0 unspecified atom stereocenters. The first-order chi connectivity index (χ1) is 14.8. The highest BCUT2D eigenvalue weighted by molar-refractivity contribution is 7.92. The Bertz CT molecular complexity index is 1390. The van der Waals surface area contributed by atoms with E-state index in [4.69, 9.17) is 0 Å². The van der Waals surface area contributed by atoms with Gasteiger partial charge >= 0.3 is 0 Å². The topological polar surface area (TPSA) is 93.1 Å². The van der Waals surface area contributed by atoms with Crippen molar-refractivity contribution in [3.63, 3.8) is 0 Å². The minimum atomic E-state index is -3.71. The highest BCUT2D eigenvalue weighted by Gasteiger charge is 2.18. The van der Waals surface area contributed by atoms with E-state index in [1.807, 2.05) is 29.8 Å². The Morgan fingerprint density at radius 2 is 1.71 bits per heavy atom. The van der Waals surface area contributed by atoms with Crippen LogP contribution in [0, 0.1) is 6.92 Å². The van der Waals surface area contributed by atoms with Crippen molar-refractivity contribution in [1.82, 2.24) is 14.9 Å². The Labute approximate surface area is 180 Å². The number of imidazole rings is 1. The largest absolute Gasteiger partial charge is 0.355 e. The van der Waals surface area contributed by atoms with Crippen molar-refractivity contribution >= 4 is 32.7 Å². The summed E-state index contributed by atoms with van der Waals surface area (Å²) in [4.78, 5) is 16.7. The second kappa shape index (κ2) is 7.88. The van der Waals surface area contributed by atoms with Gasteiger partial charge in [0.15, 0.2) is 0 Å². The van der Waals surface area contributed by atoms with E-state index in [0.29, 0.717) is 22.3 Å². The normalized spacial score (nSPS) is 11.5. The summed E-state index contributed by atoms with van der Waals surface area (Å²) in [6.45, 7) is 1.76. The number of aryl methyl sites for hydroxylation is 2. The summed E-state index contributed by atoms with van der Waals surface area (Å²) >= 11 is 0. The number of anilines is 1. The van der Waals surface area contributed by atoms with Crippen LogP contribution in [0.3, 0.4) is 0 Å². The van der Waals surface area contributed by atoms with Crippen molar-refractivity contribution in [1.29, 1.82) is 0 Å². The van der Waals surface area contributed by atoms with Crippen LogP contribution in [-0.2, 0) is 17.1 Å². The number of fused-ring (bicyclic) bond motifs is 1. The molecule has 1 amide bonds. The zero-order chi connectivity index (χ0) is 22.2. The molecule has 3 aromatic carbocycles. The number of aromatic nitrogens is 2. The number of carbonyl (C=O) groups is 1. The average Bonchev–Trinajstić information content (AvgIpc) is 3.09. The number of hydrogen-bond donors (Lipinski definition) is 2. The van der Waals surface area contributed by atoms with Crippen LogP contribution >= 0.6 is 0 Å². The Balaban J connectivity index is 1.68. The van der Waals surface area contributed by atoms with Gasteiger partial charge in [0.25, 0.3) is 15.9 Å². The lowest BCUT2D eigenvalue weighted by atomic mass is 10.1. The molecular weight excluding hydrogens is 412 g/mol. The first-order valence-electron chi connectivity index (χ1n) is 9.67. The Kier molecular flexibility index (Phi) is 5.24. The summed E-state index contributed by atoms with van der Waals surface area (Å²) < 4.78 is 30.2.